The molecular formula is C16H23NO3. The third-order valence-corrected chi connectivity index (χ3v) is 4.05. The molecule has 0 amide bonds. The van der Waals surface area contributed by atoms with Gasteiger partial charge >= 0.3 is 5.97 Å². The fraction of sp³-hybridized carbons (Fsp3) is 0.562. The summed E-state index contributed by atoms with van der Waals surface area (Å²) in [6, 6.07) is 8.78. The van der Waals surface area contributed by atoms with E-state index in [1.54, 1.807) is 0 Å². The molecule has 4 nitrogen and oxygen atoms in total. The predicted octanol–water partition coefficient (Wildman–Crippen LogP) is 2.49. The van der Waals surface area contributed by atoms with Gasteiger partial charge in [-0.1, -0.05) is 31.2 Å². The Bertz CT molecular complexity index is 444. The maximum Gasteiger partial charge on any atom is 0.305 e. The maximum atomic E-state index is 11.0. The van der Waals surface area contributed by atoms with Crippen LogP contribution >= 0.6 is 0 Å². The minimum atomic E-state index is -0.765. The smallest absolute Gasteiger partial charge is 0.305 e. The second kappa shape index (κ2) is 6.86. The highest BCUT2D eigenvalue weighted by Crippen LogP contribution is 2.26. The number of carboxylic acids is 1. The SMILES string of the molecule is CCc1ccc(C(C)N2CCOCC2CC(=O)O)cc1. The zero-order valence-corrected chi connectivity index (χ0v) is 12.2. The number of hydrogen-bond acceptors (Lipinski definition) is 3. The van der Waals surface area contributed by atoms with Crippen LogP contribution < -0.4 is 0 Å². The van der Waals surface area contributed by atoms with Crippen molar-refractivity contribution in [2.45, 2.75) is 38.8 Å². The molecule has 1 heterocycles. The summed E-state index contributed by atoms with van der Waals surface area (Å²) in [6.07, 6.45) is 1.17. The number of benzene rings is 1. The van der Waals surface area contributed by atoms with E-state index in [-0.39, 0.29) is 18.5 Å². The van der Waals surface area contributed by atoms with Crippen molar-refractivity contribution in [2.75, 3.05) is 19.8 Å². The van der Waals surface area contributed by atoms with Crippen LogP contribution in [0.4, 0.5) is 0 Å². The van der Waals surface area contributed by atoms with E-state index in [4.69, 9.17) is 9.84 Å². The molecule has 0 saturated carbocycles. The Kier molecular flexibility index (Phi) is 5.15. The topological polar surface area (TPSA) is 49.8 Å². The van der Waals surface area contributed by atoms with Crippen molar-refractivity contribution < 1.29 is 14.6 Å². The van der Waals surface area contributed by atoms with Gasteiger partial charge in [-0.15, -0.1) is 0 Å². The zero-order chi connectivity index (χ0) is 14.5. The van der Waals surface area contributed by atoms with Crippen molar-refractivity contribution in [1.29, 1.82) is 0 Å². The number of morpholine rings is 1. The van der Waals surface area contributed by atoms with Crippen molar-refractivity contribution in [1.82, 2.24) is 4.90 Å². The fourth-order valence-corrected chi connectivity index (χ4v) is 2.78. The Hall–Kier alpha value is -1.39. The number of nitrogens with zero attached hydrogens (tertiary/aromatic N) is 1. The standard InChI is InChI=1S/C16H23NO3/c1-3-13-4-6-14(7-5-13)12(2)17-8-9-20-11-15(17)10-16(18)19/h4-7,12,15H,3,8-11H2,1-2H3,(H,18,19). The molecule has 2 rings (SSSR count). The lowest BCUT2D eigenvalue weighted by Crippen LogP contribution is -2.47. The van der Waals surface area contributed by atoms with Crippen molar-refractivity contribution in [3.8, 4) is 0 Å². The molecule has 1 saturated heterocycles. The average molecular weight is 277 g/mol. The van der Waals surface area contributed by atoms with Gasteiger partial charge in [-0.25, -0.2) is 0 Å². The van der Waals surface area contributed by atoms with Gasteiger partial charge in [-0.2, -0.15) is 0 Å². The van der Waals surface area contributed by atoms with Gasteiger partial charge in [0, 0.05) is 18.6 Å². The van der Waals surface area contributed by atoms with E-state index in [0.29, 0.717) is 13.2 Å². The first-order valence-electron chi connectivity index (χ1n) is 7.26. The minimum absolute atomic E-state index is 0.0397. The van der Waals surface area contributed by atoms with Gasteiger partial charge in [0.05, 0.1) is 19.6 Å². The van der Waals surface area contributed by atoms with E-state index >= 15 is 0 Å². The number of ether oxygens (including phenoxy) is 1. The highest BCUT2D eigenvalue weighted by molar-refractivity contribution is 5.67. The van der Waals surface area contributed by atoms with Gasteiger partial charge in [-0.05, 0) is 24.5 Å². The summed E-state index contributed by atoms with van der Waals surface area (Å²) in [6.45, 7) is 6.25. The Morgan fingerprint density at radius 1 is 1.45 bits per heavy atom. The van der Waals surface area contributed by atoms with Crippen molar-refractivity contribution in [3.05, 3.63) is 35.4 Å². The van der Waals surface area contributed by atoms with E-state index in [0.717, 1.165) is 13.0 Å². The molecule has 110 valence electrons. The van der Waals surface area contributed by atoms with E-state index < -0.39 is 5.97 Å². The largest absolute Gasteiger partial charge is 0.481 e. The summed E-state index contributed by atoms with van der Waals surface area (Å²) in [5.41, 5.74) is 2.56. The van der Waals surface area contributed by atoms with Crippen LogP contribution in [0.3, 0.4) is 0 Å². The lowest BCUT2D eigenvalue weighted by molar-refractivity contribution is -0.140. The molecule has 1 aromatic rings. The van der Waals surface area contributed by atoms with Crippen LogP contribution in [0.1, 0.15) is 37.4 Å². The molecule has 0 aromatic heterocycles. The van der Waals surface area contributed by atoms with Crippen LogP contribution in [-0.2, 0) is 16.0 Å². The molecule has 2 atom stereocenters. The van der Waals surface area contributed by atoms with Crippen LogP contribution in [0.25, 0.3) is 0 Å². The van der Waals surface area contributed by atoms with Gasteiger partial charge in [0.1, 0.15) is 0 Å². The van der Waals surface area contributed by atoms with E-state index in [2.05, 4.69) is 43.0 Å². The summed E-state index contributed by atoms with van der Waals surface area (Å²) < 4.78 is 5.43. The molecule has 0 spiro atoms. The van der Waals surface area contributed by atoms with Crippen molar-refractivity contribution >= 4 is 5.97 Å². The van der Waals surface area contributed by atoms with Crippen LogP contribution in [0.2, 0.25) is 0 Å². The number of hydrogen-bond donors (Lipinski definition) is 1. The molecule has 1 fully saturated rings. The van der Waals surface area contributed by atoms with Gasteiger partial charge in [-0.3, -0.25) is 9.69 Å². The van der Waals surface area contributed by atoms with Crippen LogP contribution in [-0.4, -0.2) is 41.8 Å². The number of carbonyl (C=O) groups is 1. The van der Waals surface area contributed by atoms with Crippen LogP contribution in [0, 0.1) is 0 Å². The van der Waals surface area contributed by atoms with Crippen LogP contribution in [0.15, 0.2) is 24.3 Å². The Morgan fingerprint density at radius 2 is 2.15 bits per heavy atom. The molecule has 1 aliphatic heterocycles. The summed E-state index contributed by atoms with van der Waals surface area (Å²) in [5.74, 6) is -0.765. The average Bonchev–Trinajstić information content (AvgIpc) is 2.46. The third kappa shape index (κ3) is 3.58. The maximum absolute atomic E-state index is 11.0. The predicted molar refractivity (Wildman–Crippen MR) is 77.8 cm³/mol. The van der Waals surface area contributed by atoms with Crippen molar-refractivity contribution in [2.24, 2.45) is 0 Å². The quantitative estimate of drug-likeness (QED) is 0.898. The van der Waals surface area contributed by atoms with E-state index in [9.17, 15) is 4.79 Å². The van der Waals surface area contributed by atoms with Crippen molar-refractivity contribution in [3.63, 3.8) is 0 Å². The molecule has 1 N–H and O–H groups in total. The molecule has 0 bridgehead atoms. The van der Waals surface area contributed by atoms with E-state index in [1.807, 2.05) is 0 Å². The summed E-state index contributed by atoms with van der Waals surface area (Å²) in [5, 5.41) is 9.02. The van der Waals surface area contributed by atoms with Gasteiger partial charge in [0.25, 0.3) is 0 Å². The molecule has 0 aliphatic carbocycles. The second-order valence-corrected chi connectivity index (χ2v) is 5.34. The summed E-state index contributed by atoms with van der Waals surface area (Å²) >= 11 is 0. The van der Waals surface area contributed by atoms with E-state index in [1.165, 1.54) is 11.1 Å². The highest BCUT2D eigenvalue weighted by Gasteiger charge is 2.29. The molecule has 1 aliphatic rings. The van der Waals surface area contributed by atoms with Gasteiger partial charge < -0.3 is 9.84 Å². The second-order valence-electron chi connectivity index (χ2n) is 5.34. The molecule has 0 radical (unpaired) electrons. The zero-order valence-electron chi connectivity index (χ0n) is 12.2. The summed E-state index contributed by atoms with van der Waals surface area (Å²) in [4.78, 5) is 13.2. The Morgan fingerprint density at radius 3 is 2.75 bits per heavy atom. The fourth-order valence-electron chi connectivity index (χ4n) is 2.78. The molecule has 20 heavy (non-hydrogen) atoms. The lowest BCUT2D eigenvalue weighted by atomic mass is 10.0. The van der Waals surface area contributed by atoms with Crippen LogP contribution in [0.5, 0.6) is 0 Å². The molecule has 1 aromatic carbocycles. The molecule has 4 heteroatoms. The Balaban J connectivity index is 2.11. The lowest BCUT2D eigenvalue weighted by Gasteiger charge is -2.39. The number of carboxylic acid groups (broad SMARTS) is 1. The molecular weight excluding hydrogens is 254 g/mol. The number of rotatable bonds is 5. The Labute approximate surface area is 120 Å². The number of aryl methyl sites for hydroxylation is 1. The highest BCUT2D eigenvalue weighted by atomic mass is 16.5. The minimum Gasteiger partial charge on any atom is -0.481 e. The summed E-state index contributed by atoms with van der Waals surface area (Å²) in [7, 11) is 0. The monoisotopic (exact) mass is 277 g/mol. The first kappa shape index (κ1) is 15.0. The number of aliphatic carboxylic acids is 1. The molecule has 2 unspecified atom stereocenters. The normalized spacial score (nSPS) is 21.6. The van der Waals surface area contributed by atoms with Gasteiger partial charge in [0.2, 0.25) is 0 Å². The third-order valence-electron chi connectivity index (χ3n) is 4.05. The van der Waals surface area contributed by atoms with Gasteiger partial charge in [0.15, 0.2) is 0 Å². The first-order valence-corrected chi connectivity index (χ1v) is 7.26. The first-order chi connectivity index (χ1) is 9.61.